The first kappa shape index (κ1) is 8.06. The fourth-order valence-electron chi connectivity index (χ4n) is 2.18. The van der Waals surface area contributed by atoms with Gasteiger partial charge in [-0.2, -0.15) is 0 Å². The molecule has 0 aromatic carbocycles. The van der Waals surface area contributed by atoms with E-state index >= 15 is 0 Å². The second kappa shape index (κ2) is 2.91. The molecule has 3 atom stereocenters. The van der Waals surface area contributed by atoms with Crippen LogP contribution in [-0.2, 0) is 0 Å². The Hall–Kier alpha value is -0.0400. The first-order chi connectivity index (χ1) is 4.61. The summed E-state index contributed by atoms with van der Waals surface area (Å²) in [5.74, 6) is 2.23. The highest BCUT2D eigenvalue weighted by atomic mass is 16.3. The number of hydrogen-bond acceptors (Lipinski definition) is 1. The van der Waals surface area contributed by atoms with Gasteiger partial charge in [-0.25, -0.2) is 0 Å². The van der Waals surface area contributed by atoms with Gasteiger partial charge in [0.25, 0.3) is 0 Å². The summed E-state index contributed by atoms with van der Waals surface area (Å²) in [6.07, 6.45) is 2.03. The molecular weight excluding hydrogens is 124 g/mol. The van der Waals surface area contributed by atoms with Crippen LogP contribution in [0.25, 0.3) is 0 Å². The van der Waals surface area contributed by atoms with Gasteiger partial charge < -0.3 is 5.11 Å². The van der Waals surface area contributed by atoms with Crippen LogP contribution in [0.1, 0.15) is 33.6 Å². The number of rotatable bonds is 1. The molecule has 1 fully saturated rings. The zero-order valence-electron chi connectivity index (χ0n) is 7.17. The van der Waals surface area contributed by atoms with Gasteiger partial charge >= 0.3 is 0 Å². The highest BCUT2D eigenvalue weighted by Gasteiger charge is 2.31. The molecule has 0 aliphatic heterocycles. The minimum absolute atomic E-state index is 0.0117. The third kappa shape index (κ3) is 1.51. The van der Waals surface area contributed by atoms with Crippen molar-refractivity contribution in [1.29, 1.82) is 0 Å². The summed E-state index contributed by atoms with van der Waals surface area (Å²) in [5.41, 5.74) is 0. The van der Waals surface area contributed by atoms with E-state index in [4.69, 9.17) is 0 Å². The van der Waals surface area contributed by atoms with Crippen molar-refractivity contribution in [3.05, 3.63) is 0 Å². The second-order valence-electron chi connectivity index (χ2n) is 4.01. The first-order valence-electron chi connectivity index (χ1n) is 4.29. The molecule has 1 saturated carbocycles. The van der Waals surface area contributed by atoms with Gasteiger partial charge in [0.15, 0.2) is 0 Å². The van der Waals surface area contributed by atoms with E-state index in [1.54, 1.807) is 0 Å². The third-order valence-corrected chi connectivity index (χ3v) is 2.78. The average Bonchev–Trinajstić information content (AvgIpc) is 2.10. The van der Waals surface area contributed by atoms with Crippen molar-refractivity contribution in [1.82, 2.24) is 0 Å². The molecule has 1 nitrogen and oxygen atoms in total. The lowest BCUT2D eigenvalue weighted by atomic mass is 9.87. The Kier molecular flexibility index (Phi) is 2.35. The van der Waals surface area contributed by atoms with Crippen LogP contribution in [0.4, 0.5) is 0 Å². The largest absolute Gasteiger partial charge is 0.393 e. The maximum atomic E-state index is 9.32. The fraction of sp³-hybridized carbons (Fsp3) is 1.00. The maximum absolute atomic E-state index is 9.32. The van der Waals surface area contributed by atoms with E-state index in [2.05, 4.69) is 20.8 Å². The van der Waals surface area contributed by atoms with E-state index in [1.165, 1.54) is 0 Å². The number of aliphatic hydroxyl groups is 1. The van der Waals surface area contributed by atoms with Crippen molar-refractivity contribution >= 4 is 0 Å². The Morgan fingerprint density at radius 3 is 2.10 bits per heavy atom. The first-order valence-corrected chi connectivity index (χ1v) is 4.29. The Morgan fingerprint density at radius 2 is 1.90 bits per heavy atom. The van der Waals surface area contributed by atoms with E-state index < -0.39 is 0 Å². The van der Waals surface area contributed by atoms with Gasteiger partial charge in [-0.05, 0) is 30.6 Å². The zero-order valence-corrected chi connectivity index (χ0v) is 7.17. The summed E-state index contributed by atoms with van der Waals surface area (Å²) in [6.45, 7) is 6.75. The molecule has 1 rings (SSSR count). The van der Waals surface area contributed by atoms with E-state index in [1.807, 2.05) is 0 Å². The SMILES string of the molecule is CC(C)[C@@H]1CC(O)C[C@H]1C. The van der Waals surface area contributed by atoms with Crippen LogP contribution < -0.4 is 0 Å². The van der Waals surface area contributed by atoms with Gasteiger partial charge in [0, 0.05) is 0 Å². The van der Waals surface area contributed by atoms with Crippen LogP contribution in [0.15, 0.2) is 0 Å². The summed E-state index contributed by atoms with van der Waals surface area (Å²) in [5, 5.41) is 9.32. The van der Waals surface area contributed by atoms with Crippen molar-refractivity contribution < 1.29 is 5.11 Å². The predicted octanol–water partition coefficient (Wildman–Crippen LogP) is 2.05. The molecule has 1 N–H and O–H groups in total. The summed E-state index contributed by atoms with van der Waals surface area (Å²) in [6, 6.07) is 0. The molecule has 1 aliphatic carbocycles. The Bertz CT molecular complexity index is 109. The van der Waals surface area contributed by atoms with Gasteiger partial charge in [0.1, 0.15) is 0 Å². The lowest BCUT2D eigenvalue weighted by Gasteiger charge is -2.18. The highest BCUT2D eigenvalue weighted by molar-refractivity contribution is 4.82. The number of aliphatic hydroxyl groups excluding tert-OH is 1. The normalized spacial score (nSPS) is 41.1. The van der Waals surface area contributed by atoms with E-state index in [-0.39, 0.29) is 6.10 Å². The molecule has 0 saturated heterocycles. The van der Waals surface area contributed by atoms with Crippen molar-refractivity contribution in [2.24, 2.45) is 17.8 Å². The van der Waals surface area contributed by atoms with E-state index in [0.717, 1.165) is 30.6 Å². The van der Waals surface area contributed by atoms with Crippen molar-refractivity contribution in [2.75, 3.05) is 0 Å². The monoisotopic (exact) mass is 142 g/mol. The van der Waals surface area contributed by atoms with Crippen molar-refractivity contribution in [2.45, 2.75) is 39.7 Å². The Morgan fingerprint density at radius 1 is 1.30 bits per heavy atom. The summed E-state index contributed by atoms with van der Waals surface area (Å²) in [7, 11) is 0. The van der Waals surface area contributed by atoms with Crippen LogP contribution in [0.3, 0.4) is 0 Å². The molecule has 0 aromatic heterocycles. The van der Waals surface area contributed by atoms with Gasteiger partial charge in [0.2, 0.25) is 0 Å². The minimum Gasteiger partial charge on any atom is -0.393 e. The van der Waals surface area contributed by atoms with Crippen LogP contribution in [0, 0.1) is 17.8 Å². The molecule has 0 radical (unpaired) electrons. The fourth-order valence-corrected chi connectivity index (χ4v) is 2.18. The predicted molar refractivity (Wildman–Crippen MR) is 42.7 cm³/mol. The highest BCUT2D eigenvalue weighted by Crippen LogP contribution is 2.36. The molecule has 0 spiro atoms. The van der Waals surface area contributed by atoms with E-state index in [0.29, 0.717) is 0 Å². The zero-order chi connectivity index (χ0) is 7.72. The van der Waals surface area contributed by atoms with Gasteiger partial charge in [-0.3, -0.25) is 0 Å². The lowest BCUT2D eigenvalue weighted by molar-refractivity contribution is 0.172. The quantitative estimate of drug-likeness (QED) is 0.594. The summed E-state index contributed by atoms with van der Waals surface area (Å²) < 4.78 is 0. The Balaban J connectivity index is 2.46. The van der Waals surface area contributed by atoms with Crippen LogP contribution in [-0.4, -0.2) is 11.2 Å². The molecule has 0 amide bonds. The summed E-state index contributed by atoms with van der Waals surface area (Å²) in [4.78, 5) is 0. The number of hydrogen-bond donors (Lipinski definition) is 1. The van der Waals surface area contributed by atoms with E-state index in [9.17, 15) is 5.11 Å². The molecule has 1 heteroatoms. The van der Waals surface area contributed by atoms with Crippen LogP contribution >= 0.6 is 0 Å². The van der Waals surface area contributed by atoms with Crippen molar-refractivity contribution in [3.8, 4) is 0 Å². The second-order valence-corrected chi connectivity index (χ2v) is 4.01. The molecule has 10 heavy (non-hydrogen) atoms. The van der Waals surface area contributed by atoms with Crippen LogP contribution in [0.2, 0.25) is 0 Å². The molecular formula is C9H18O. The minimum atomic E-state index is -0.0117. The molecule has 0 aromatic rings. The maximum Gasteiger partial charge on any atom is 0.0545 e. The van der Waals surface area contributed by atoms with Gasteiger partial charge in [-0.1, -0.05) is 20.8 Å². The molecule has 0 bridgehead atoms. The molecule has 0 heterocycles. The standard InChI is InChI=1S/C9H18O/c1-6(2)9-5-8(10)4-7(9)3/h6-10H,4-5H2,1-3H3/t7-,8?,9+/m1/s1. The lowest BCUT2D eigenvalue weighted by Crippen LogP contribution is -2.11. The molecule has 1 unspecified atom stereocenters. The molecule has 60 valence electrons. The Labute approximate surface area is 63.4 Å². The van der Waals surface area contributed by atoms with Crippen molar-refractivity contribution in [3.63, 3.8) is 0 Å². The smallest absolute Gasteiger partial charge is 0.0545 e. The topological polar surface area (TPSA) is 20.2 Å². The third-order valence-electron chi connectivity index (χ3n) is 2.78. The molecule has 1 aliphatic rings. The summed E-state index contributed by atoms with van der Waals surface area (Å²) >= 11 is 0. The average molecular weight is 142 g/mol. The van der Waals surface area contributed by atoms with Crippen LogP contribution in [0.5, 0.6) is 0 Å². The van der Waals surface area contributed by atoms with Gasteiger partial charge in [0.05, 0.1) is 6.10 Å². The van der Waals surface area contributed by atoms with Gasteiger partial charge in [-0.15, -0.1) is 0 Å².